The first-order valence-corrected chi connectivity index (χ1v) is 7.87. The Morgan fingerprint density at radius 2 is 2.14 bits per heavy atom. The molecule has 4 nitrogen and oxygen atoms in total. The maximum absolute atomic E-state index is 13.8. The number of anilines is 1. The van der Waals surface area contributed by atoms with Crippen molar-refractivity contribution in [3.05, 3.63) is 52.0 Å². The monoisotopic (exact) mass is 318 g/mol. The van der Waals surface area contributed by atoms with Crippen molar-refractivity contribution in [3.63, 3.8) is 0 Å². The molecule has 114 valence electrons. The Hall–Kier alpha value is -2.21. The fourth-order valence-electron chi connectivity index (χ4n) is 2.55. The Kier molecular flexibility index (Phi) is 3.94. The van der Waals surface area contributed by atoms with Crippen LogP contribution in [0.25, 0.3) is 0 Å². The molecule has 1 atom stereocenters. The molecule has 1 N–H and O–H groups in total. The van der Waals surface area contributed by atoms with Crippen LogP contribution in [-0.4, -0.2) is 24.4 Å². The van der Waals surface area contributed by atoms with Gasteiger partial charge < -0.3 is 10.2 Å². The van der Waals surface area contributed by atoms with Gasteiger partial charge in [0.25, 0.3) is 5.91 Å². The Labute approximate surface area is 131 Å². The summed E-state index contributed by atoms with van der Waals surface area (Å²) in [5.74, 6) is -0.953. The smallest absolute Gasteiger partial charge is 0.262 e. The Morgan fingerprint density at radius 3 is 2.82 bits per heavy atom. The molecule has 1 aromatic carbocycles. The van der Waals surface area contributed by atoms with E-state index in [0.29, 0.717) is 17.8 Å². The third-order valence-corrected chi connectivity index (χ3v) is 4.74. The minimum Gasteiger partial charge on any atom is -0.339 e. The van der Waals surface area contributed by atoms with E-state index in [4.69, 9.17) is 0 Å². The second-order valence-electron chi connectivity index (χ2n) is 5.19. The number of nitrogens with zero attached hydrogens (tertiary/aromatic N) is 1. The second-order valence-corrected chi connectivity index (χ2v) is 6.10. The van der Waals surface area contributed by atoms with Gasteiger partial charge in [0, 0.05) is 6.54 Å². The van der Waals surface area contributed by atoms with E-state index in [2.05, 4.69) is 5.32 Å². The van der Waals surface area contributed by atoms with Gasteiger partial charge in [0.05, 0.1) is 10.6 Å². The summed E-state index contributed by atoms with van der Waals surface area (Å²) in [6, 6.07) is 7.42. The van der Waals surface area contributed by atoms with Gasteiger partial charge in [-0.1, -0.05) is 12.1 Å². The quantitative estimate of drug-likeness (QED) is 0.946. The van der Waals surface area contributed by atoms with Crippen LogP contribution in [-0.2, 0) is 4.79 Å². The highest BCUT2D eigenvalue weighted by Crippen LogP contribution is 2.25. The molecule has 2 heterocycles. The number of para-hydroxylation sites is 1. The van der Waals surface area contributed by atoms with Gasteiger partial charge >= 0.3 is 0 Å². The Balaban J connectivity index is 1.73. The zero-order valence-corrected chi connectivity index (χ0v) is 12.8. The van der Waals surface area contributed by atoms with Crippen molar-refractivity contribution in [3.8, 4) is 0 Å². The molecule has 2 amide bonds. The number of aryl methyl sites for hydroxylation is 1. The van der Waals surface area contributed by atoms with Gasteiger partial charge in [-0.25, -0.2) is 4.39 Å². The van der Waals surface area contributed by atoms with Crippen LogP contribution >= 0.6 is 11.3 Å². The van der Waals surface area contributed by atoms with Crippen LogP contribution in [0.1, 0.15) is 21.7 Å². The molecular formula is C16H15FN2O2S. The lowest BCUT2D eigenvalue weighted by Gasteiger charge is -2.17. The van der Waals surface area contributed by atoms with Crippen LogP contribution in [0.3, 0.4) is 0 Å². The first-order chi connectivity index (χ1) is 10.6. The lowest BCUT2D eigenvalue weighted by Crippen LogP contribution is -2.41. The minimum atomic E-state index is -0.603. The number of rotatable bonds is 3. The first-order valence-electron chi connectivity index (χ1n) is 6.99. The zero-order chi connectivity index (χ0) is 15.7. The largest absolute Gasteiger partial charge is 0.339 e. The molecule has 1 aromatic heterocycles. The van der Waals surface area contributed by atoms with Crippen molar-refractivity contribution in [1.29, 1.82) is 0 Å². The lowest BCUT2D eigenvalue weighted by molar-refractivity contribution is -0.118. The van der Waals surface area contributed by atoms with Gasteiger partial charge in [0.15, 0.2) is 0 Å². The molecule has 0 saturated carbocycles. The molecule has 22 heavy (non-hydrogen) atoms. The number of amides is 2. The number of carbonyl (C=O) groups is 2. The summed E-state index contributed by atoms with van der Waals surface area (Å²) in [6.07, 6.45) is 0.476. The summed E-state index contributed by atoms with van der Waals surface area (Å²) >= 11 is 1.34. The van der Waals surface area contributed by atoms with Gasteiger partial charge in [0.1, 0.15) is 11.9 Å². The Bertz CT molecular complexity index is 728. The summed E-state index contributed by atoms with van der Waals surface area (Å²) in [4.78, 5) is 26.6. The van der Waals surface area contributed by atoms with Crippen molar-refractivity contribution < 1.29 is 14.0 Å². The molecule has 2 aromatic rings. The van der Waals surface area contributed by atoms with Crippen molar-refractivity contribution >= 4 is 28.8 Å². The van der Waals surface area contributed by atoms with Crippen molar-refractivity contribution in [1.82, 2.24) is 5.32 Å². The van der Waals surface area contributed by atoms with Gasteiger partial charge in [-0.15, -0.1) is 11.3 Å². The molecule has 1 aliphatic heterocycles. The maximum atomic E-state index is 13.8. The molecule has 1 saturated heterocycles. The summed E-state index contributed by atoms with van der Waals surface area (Å²) in [5, 5.41) is 4.59. The lowest BCUT2D eigenvalue weighted by atomic mass is 10.2. The molecule has 0 spiro atoms. The summed E-state index contributed by atoms with van der Waals surface area (Å²) < 4.78 is 13.8. The fraction of sp³-hybridized carbons (Fsp3) is 0.250. The third-order valence-electron chi connectivity index (χ3n) is 3.72. The summed E-state index contributed by atoms with van der Waals surface area (Å²) in [5.41, 5.74) is 1.15. The number of benzene rings is 1. The van der Waals surface area contributed by atoms with Crippen LogP contribution in [0.15, 0.2) is 35.7 Å². The third kappa shape index (κ3) is 2.62. The number of halogens is 1. The van der Waals surface area contributed by atoms with Gasteiger partial charge in [-0.05, 0) is 42.5 Å². The number of carbonyl (C=O) groups excluding carboxylic acids is 2. The van der Waals surface area contributed by atoms with E-state index in [-0.39, 0.29) is 17.5 Å². The molecule has 1 fully saturated rings. The van der Waals surface area contributed by atoms with Gasteiger partial charge in [-0.3, -0.25) is 9.59 Å². The van der Waals surface area contributed by atoms with E-state index in [1.165, 1.54) is 22.3 Å². The molecule has 1 unspecified atom stereocenters. The topological polar surface area (TPSA) is 49.4 Å². The van der Waals surface area contributed by atoms with E-state index in [0.717, 1.165) is 5.56 Å². The number of hydrogen-bond acceptors (Lipinski definition) is 3. The van der Waals surface area contributed by atoms with Crippen molar-refractivity contribution in [2.75, 3.05) is 11.4 Å². The summed E-state index contributed by atoms with van der Waals surface area (Å²) in [7, 11) is 0. The van der Waals surface area contributed by atoms with Crippen LogP contribution in [0, 0.1) is 12.7 Å². The standard InChI is InChI=1S/C16H15FN2O2S/c1-10-7-9-22-14(10)15(20)18-12-6-8-19(16(12)21)13-5-3-2-4-11(13)17/h2-5,7,9,12H,6,8H2,1H3,(H,18,20). The number of hydrogen-bond donors (Lipinski definition) is 1. The van der Waals surface area contributed by atoms with E-state index >= 15 is 0 Å². The SMILES string of the molecule is Cc1ccsc1C(=O)NC1CCN(c2ccccc2F)C1=O. The number of nitrogens with one attached hydrogen (secondary N) is 1. The maximum Gasteiger partial charge on any atom is 0.262 e. The Morgan fingerprint density at radius 1 is 1.36 bits per heavy atom. The van der Waals surface area contributed by atoms with Gasteiger partial charge in [-0.2, -0.15) is 0 Å². The highest BCUT2D eigenvalue weighted by Gasteiger charge is 2.35. The predicted molar refractivity (Wildman–Crippen MR) is 83.7 cm³/mol. The van der Waals surface area contributed by atoms with Crippen molar-refractivity contribution in [2.45, 2.75) is 19.4 Å². The minimum absolute atomic E-state index is 0.249. The van der Waals surface area contributed by atoms with Crippen LogP contribution in [0.4, 0.5) is 10.1 Å². The van der Waals surface area contributed by atoms with E-state index in [1.54, 1.807) is 18.2 Å². The molecule has 0 bridgehead atoms. The van der Waals surface area contributed by atoms with Crippen molar-refractivity contribution in [2.24, 2.45) is 0 Å². The average Bonchev–Trinajstić information content (AvgIpc) is 3.07. The van der Waals surface area contributed by atoms with Gasteiger partial charge in [0.2, 0.25) is 5.91 Å². The van der Waals surface area contributed by atoms with Crippen LogP contribution in [0.2, 0.25) is 0 Å². The fourth-order valence-corrected chi connectivity index (χ4v) is 3.38. The molecular weight excluding hydrogens is 303 g/mol. The molecule has 0 aliphatic carbocycles. The number of thiophene rings is 1. The second kappa shape index (κ2) is 5.88. The van der Waals surface area contributed by atoms with E-state index in [9.17, 15) is 14.0 Å². The molecule has 6 heteroatoms. The molecule has 0 radical (unpaired) electrons. The van der Waals surface area contributed by atoms with E-state index < -0.39 is 11.9 Å². The molecule has 1 aliphatic rings. The average molecular weight is 318 g/mol. The highest BCUT2D eigenvalue weighted by atomic mass is 32.1. The normalized spacial score (nSPS) is 17.8. The first kappa shape index (κ1) is 14.7. The highest BCUT2D eigenvalue weighted by molar-refractivity contribution is 7.12. The predicted octanol–water partition coefficient (Wildman–Crippen LogP) is 2.73. The van der Waals surface area contributed by atoms with E-state index in [1.807, 2.05) is 18.4 Å². The van der Waals surface area contributed by atoms with Crippen LogP contribution < -0.4 is 10.2 Å². The van der Waals surface area contributed by atoms with Crippen LogP contribution in [0.5, 0.6) is 0 Å². The zero-order valence-electron chi connectivity index (χ0n) is 12.0. The summed E-state index contributed by atoms with van der Waals surface area (Å²) in [6.45, 7) is 2.25. The molecule has 3 rings (SSSR count).